The van der Waals surface area contributed by atoms with E-state index in [1.807, 2.05) is 82.3 Å². The molecule has 1 aliphatic heterocycles. The molecular formula is C27H25ClN2O2. The summed E-state index contributed by atoms with van der Waals surface area (Å²) in [4.78, 5) is 28.3. The number of aryl methyl sites for hydroxylation is 4. The number of rotatable bonds is 5. The number of amides is 2. The number of halogens is 1. The van der Waals surface area contributed by atoms with E-state index >= 15 is 0 Å². The lowest BCUT2D eigenvalue weighted by molar-refractivity contribution is -0.137. The van der Waals surface area contributed by atoms with E-state index in [0.29, 0.717) is 10.6 Å². The van der Waals surface area contributed by atoms with Gasteiger partial charge in [-0.3, -0.25) is 14.5 Å². The molecule has 4 rings (SSSR count). The largest absolute Gasteiger partial charge is 0.350 e. The lowest BCUT2D eigenvalue weighted by Gasteiger charge is -2.16. The van der Waals surface area contributed by atoms with Crippen molar-refractivity contribution >= 4 is 34.7 Å². The molecule has 0 radical (unpaired) electrons. The van der Waals surface area contributed by atoms with Gasteiger partial charge in [0.05, 0.1) is 12.1 Å². The molecule has 0 fully saturated rings. The van der Waals surface area contributed by atoms with Gasteiger partial charge in [-0.2, -0.15) is 0 Å². The summed E-state index contributed by atoms with van der Waals surface area (Å²) in [6.45, 7) is 8.14. The van der Waals surface area contributed by atoms with Gasteiger partial charge in [0, 0.05) is 10.7 Å². The molecule has 3 aromatic rings. The standard InChI is InChI=1S/C27H25ClN2O2/c1-16-9-12-23(19(4)13-16)29-25-24(20-11-10-17(2)18(3)14-20)26(31)30(27(25)32)15-21-7-5-6-8-22(21)28/h5-14,29H,15H2,1-4H3. The highest BCUT2D eigenvalue weighted by molar-refractivity contribution is 6.36. The zero-order valence-corrected chi connectivity index (χ0v) is 19.4. The summed E-state index contributed by atoms with van der Waals surface area (Å²) in [5.74, 6) is -0.687. The van der Waals surface area contributed by atoms with Crippen molar-refractivity contribution < 1.29 is 9.59 Å². The molecule has 0 unspecified atom stereocenters. The third-order valence-electron chi connectivity index (χ3n) is 5.89. The first-order valence-electron chi connectivity index (χ1n) is 10.5. The summed E-state index contributed by atoms with van der Waals surface area (Å²) in [5, 5.41) is 3.79. The van der Waals surface area contributed by atoms with Crippen LogP contribution in [-0.4, -0.2) is 16.7 Å². The van der Waals surface area contributed by atoms with E-state index in [1.54, 1.807) is 6.07 Å². The van der Waals surface area contributed by atoms with Gasteiger partial charge in [-0.1, -0.05) is 65.7 Å². The molecule has 32 heavy (non-hydrogen) atoms. The highest BCUT2D eigenvalue weighted by Crippen LogP contribution is 2.33. The van der Waals surface area contributed by atoms with E-state index in [4.69, 9.17) is 11.6 Å². The molecule has 3 aromatic carbocycles. The average Bonchev–Trinajstić information content (AvgIpc) is 2.98. The van der Waals surface area contributed by atoms with E-state index in [-0.39, 0.29) is 24.1 Å². The second-order valence-corrected chi connectivity index (χ2v) is 8.69. The maximum Gasteiger partial charge on any atom is 0.278 e. The number of carbonyl (C=O) groups is 2. The van der Waals surface area contributed by atoms with Crippen LogP contribution in [0.1, 0.15) is 33.4 Å². The Kier molecular flexibility index (Phi) is 5.90. The second kappa shape index (κ2) is 8.64. The van der Waals surface area contributed by atoms with Crippen molar-refractivity contribution in [3.8, 4) is 0 Å². The van der Waals surface area contributed by atoms with Crippen molar-refractivity contribution in [3.63, 3.8) is 0 Å². The van der Waals surface area contributed by atoms with E-state index < -0.39 is 0 Å². The monoisotopic (exact) mass is 444 g/mol. The highest BCUT2D eigenvalue weighted by Gasteiger charge is 2.39. The number of hydrogen-bond donors (Lipinski definition) is 1. The Morgan fingerprint density at radius 1 is 0.812 bits per heavy atom. The minimum atomic E-state index is -0.358. The summed E-state index contributed by atoms with van der Waals surface area (Å²) >= 11 is 6.31. The van der Waals surface area contributed by atoms with Crippen molar-refractivity contribution in [3.05, 3.63) is 105 Å². The predicted molar refractivity (Wildman–Crippen MR) is 129 cm³/mol. The molecule has 1 N–H and O–H groups in total. The van der Waals surface area contributed by atoms with Crippen molar-refractivity contribution in [1.29, 1.82) is 0 Å². The van der Waals surface area contributed by atoms with Crippen LogP contribution in [0, 0.1) is 27.7 Å². The molecule has 5 heteroatoms. The average molecular weight is 445 g/mol. The number of benzene rings is 3. The third-order valence-corrected chi connectivity index (χ3v) is 6.26. The van der Waals surface area contributed by atoms with Gasteiger partial charge in [-0.25, -0.2) is 0 Å². The van der Waals surface area contributed by atoms with Crippen molar-refractivity contribution in [2.75, 3.05) is 5.32 Å². The number of hydrogen-bond acceptors (Lipinski definition) is 3. The van der Waals surface area contributed by atoms with E-state index in [2.05, 4.69) is 5.32 Å². The zero-order valence-electron chi connectivity index (χ0n) is 18.6. The fourth-order valence-corrected chi connectivity index (χ4v) is 4.08. The molecule has 1 aliphatic rings. The zero-order chi connectivity index (χ0) is 23.0. The molecule has 4 nitrogen and oxygen atoms in total. The fraction of sp³-hybridized carbons (Fsp3) is 0.185. The fourth-order valence-electron chi connectivity index (χ4n) is 3.89. The Bertz CT molecular complexity index is 1280. The first-order chi connectivity index (χ1) is 15.3. The maximum atomic E-state index is 13.5. The first kappa shape index (κ1) is 21.8. The quantitative estimate of drug-likeness (QED) is 0.493. The minimum absolute atomic E-state index is 0.115. The normalized spacial score (nSPS) is 13.8. The number of nitrogens with zero attached hydrogens (tertiary/aromatic N) is 1. The summed E-state index contributed by atoms with van der Waals surface area (Å²) in [5.41, 5.74) is 7.24. The van der Waals surface area contributed by atoms with E-state index in [0.717, 1.165) is 39.1 Å². The molecule has 0 aromatic heterocycles. The molecular weight excluding hydrogens is 420 g/mol. The van der Waals surface area contributed by atoms with E-state index in [9.17, 15) is 9.59 Å². The van der Waals surface area contributed by atoms with Crippen molar-refractivity contribution in [1.82, 2.24) is 4.90 Å². The summed E-state index contributed by atoms with van der Waals surface area (Å²) < 4.78 is 0. The van der Waals surface area contributed by atoms with Crippen LogP contribution in [0.25, 0.3) is 5.57 Å². The van der Waals surface area contributed by atoms with Crippen LogP contribution in [0.2, 0.25) is 5.02 Å². The van der Waals surface area contributed by atoms with Gasteiger partial charge in [0.2, 0.25) is 0 Å². The molecule has 0 atom stereocenters. The molecule has 162 valence electrons. The van der Waals surface area contributed by atoms with Gasteiger partial charge in [-0.05, 0) is 67.6 Å². The van der Waals surface area contributed by atoms with Gasteiger partial charge in [0.15, 0.2) is 0 Å². The van der Waals surface area contributed by atoms with Crippen LogP contribution >= 0.6 is 11.6 Å². The van der Waals surface area contributed by atoms with Gasteiger partial charge < -0.3 is 5.32 Å². The Balaban J connectivity index is 1.80. The molecule has 1 heterocycles. The van der Waals surface area contributed by atoms with Crippen LogP contribution in [0.4, 0.5) is 5.69 Å². The van der Waals surface area contributed by atoms with Crippen LogP contribution in [0.15, 0.2) is 66.4 Å². The number of carbonyl (C=O) groups excluding carboxylic acids is 2. The van der Waals surface area contributed by atoms with E-state index in [1.165, 1.54) is 4.90 Å². The summed E-state index contributed by atoms with van der Waals surface area (Å²) in [6.07, 6.45) is 0. The van der Waals surface area contributed by atoms with Crippen LogP contribution < -0.4 is 5.32 Å². The SMILES string of the molecule is Cc1ccc(NC2=C(c3ccc(C)c(C)c3)C(=O)N(Cc3ccccc3Cl)C2=O)c(C)c1. The van der Waals surface area contributed by atoms with Gasteiger partial charge >= 0.3 is 0 Å². The lowest BCUT2D eigenvalue weighted by Crippen LogP contribution is -2.32. The topological polar surface area (TPSA) is 49.4 Å². The molecule has 0 aliphatic carbocycles. The Hall–Kier alpha value is -3.37. The Morgan fingerprint density at radius 2 is 1.56 bits per heavy atom. The van der Waals surface area contributed by atoms with Crippen molar-refractivity contribution in [2.24, 2.45) is 0 Å². The van der Waals surface area contributed by atoms with Gasteiger partial charge in [-0.15, -0.1) is 0 Å². The third kappa shape index (κ3) is 4.06. The molecule has 0 saturated carbocycles. The maximum absolute atomic E-state index is 13.5. The summed E-state index contributed by atoms with van der Waals surface area (Å²) in [6, 6.07) is 19.0. The highest BCUT2D eigenvalue weighted by atomic mass is 35.5. The Morgan fingerprint density at radius 3 is 2.25 bits per heavy atom. The van der Waals surface area contributed by atoms with Gasteiger partial charge in [0.25, 0.3) is 11.8 Å². The summed E-state index contributed by atoms with van der Waals surface area (Å²) in [7, 11) is 0. The van der Waals surface area contributed by atoms with Crippen molar-refractivity contribution in [2.45, 2.75) is 34.2 Å². The van der Waals surface area contributed by atoms with Crippen LogP contribution in [0.5, 0.6) is 0 Å². The Labute approximate surface area is 193 Å². The first-order valence-corrected chi connectivity index (χ1v) is 10.9. The molecule has 0 spiro atoms. The lowest BCUT2D eigenvalue weighted by atomic mass is 9.99. The van der Waals surface area contributed by atoms with Gasteiger partial charge in [0.1, 0.15) is 5.70 Å². The van der Waals surface area contributed by atoms with Crippen LogP contribution in [-0.2, 0) is 16.1 Å². The smallest absolute Gasteiger partial charge is 0.278 e. The number of nitrogens with one attached hydrogen (secondary N) is 1. The van der Waals surface area contributed by atoms with Crippen LogP contribution in [0.3, 0.4) is 0 Å². The number of anilines is 1. The number of imide groups is 1. The minimum Gasteiger partial charge on any atom is -0.350 e. The molecule has 2 amide bonds. The molecule has 0 bridgehead atoms. The second-order valence-electron chi connectivity index (χ2n) is 8.28. The molecule has 0 saturated heterocycles. The predicted octanol–water partition coefficient (Wildman–Crippen LogP) is 5.97.